The highest BCUT2D eigenvalue weighted by Crippen LogP contribution is 2.24. The highest BCUT2D eigenvalue weighted by Gasteiger charge is 2.19. The molecule has 0 aromatic heterocycles. The van der Waals surface area contributed by atoms with Gasteiger partial charge < -0.3 is 20.6 Å². The van der Waals surface area contributed by atoms with Crippen molar-refractivity contribution in [2.45, 2.75) is 51.8 Å². The number of anilines is 1. The van der Waals surface area contributed by atoms with Crippen LogP contribution in [0.15, 0.2) is 23.2 Å². The molecule has 0 saturated carbocycles. The third-order valence-corrected chi connectivity index (χ3v) is 5.86. The van der Waals surface area contributed by atoms with E-state index < -0.39 is 9.84 Å². The van der Waals surface area contributed by atoms with E-state index in [1.54, 1.807) is 6.07 Å². The summed E-state index contributed by atoms with van der Waals surface area (Å²) in [5, 5.41) is 15.9. The van der Waals surface area contributed by atoms with Crippen molar-refractivity contribution in [2.75, 3.05) is 36.5 Å². The van der Waals surface area contributed by atoms with Crippen LogP contribution in [0.25, 0.3) is 0 Å². The second-order valence-electron chi connectivity index (χ2n) is 7.66. The average molecular weight is 429 g/mol. The van der Waals surface area contributed by atoms with Crippen LogP contribution in [0.2, 0.25) is 0 Å². The van der Waals surface area contributed by atoms with E-state index in [9.17, 15) is 17.9 Å². The number of sulfone groups is 1. The SMILES string of the molecule is CCNC(=NCc1ccc(N2CCC(O)CC2)c(F)c1)NC(C)CCS(C)(=O)=O. The summed E-state index contributed by atoms with van der Waals surface area (Å²) in [5.41, 5.74) is 1.31. The van der Waals surface area contributed by atoms with E-state index in [1.165, 1.54) is 12.3 Å². The largest absolute Gasteiger partial charge is 0.393 e. The molecule has 164 valence electrons. The van der Waals surface area contributed by atoms with Crippen LogP contribution in [0.4, 0.5) is 10.1 Å². The number of benzene rings is 1. The molecular formula is C20H33FN4O3S. The van der Waals surface area contributed by atoms with Crippen molar-refractivity contribution < 1.29 is 17.9 Å². The van der Waals surface area contributed by atoms with E-state index in [2.05, 4.69) is 15.6 Å². The molecule has 1 heterocycles. The van der Waals surface area contributed by atoms with Crippen molar-refractivity contribution in [2.24, 2.45) is 4.99 Å². The van der Waals surface area contributed by atoms with Gasteiger partial charge in [0, 0.05) is 31.9 Å². The van der Waals surface area contributed by atoms with Gasteiger partial charge in [-0.25, -0.2) is 17.8 Å². The van der Waals surface area contributed by atoms with Crippen LogP contribution in [0.3, 0.4) is 0 Å². The number of aliphatic hydroxyl groups excluding tert-OH is 1. The van der Waals surface area contributed by atoms with Gasteiger partial charge >= 0.3 is 0 Å². The lowest BCUT2D eigenvalue weighted by molar-refractivity contribution is 0.145. The van der Waals surface area contributed by atoms with Crippen molar-refractivity contribution in [3.63, 3.8) is 0 Å². The number of aliphatic hydroxyl groups is 1. The number of rotatable bonds is 8. The Hall–Kier alpha value is -1.87. The summed E-state index contributed by atoms with van der Waals surface area (Å²) in [4.78, 5) is 6.46. The molecule has 1 aromatic rings. The van der Waals surface area contributed by atoms with Gasteiger partial charge in [-0.1, -0.05) is 6.07 Å². The van der Waals surface area contributed by atoms with Crippen LogP contribution in [0.1, 0.15) is 38.7 Å². The Morgan fingerprint density at radius 3 is 2.66 bits per heavy atom. The van der Waals surface area contributed by atoms with Crippen LogP contribution >= 0.6 is 0 Å². The smallest absolute Gasteiger partial charge is 0.191 e. The molecule has 1 fully saturated rings. The Balaban J connectivity index is 1.98. The first-order valence-corrected chi connectivity index (χ1v) is 12.2. The quantitative estimate of drug-likeness (QED) is 0.431. The van der Waals surface area contributed by atoms with Gasteiger partial charge in [0.2, 0.25) is 0 Å². The molecule has 1 aromatic carbocycles. The zero-order chi connectivity index (χ0) is 21.4. The molecule has 0 amide bonds. The molecule has 1 atom stereocenters. The third-order valence-electron chi connectivity index (χ3n) is 4.89. The summed E-state index contributed by atoms with van der Waals surface area (Å²) in [6, 6.07) is 5.08. The van der Waals surface area contributed by atoms with E-state index in [4.69, 9.17) is 0 Å². The highest BCUT2D eigenvalue weighted by atomic mass is 32.2. The van der Waals surface area contributed by atoms with Crippen LogP contribution < -0.4 is 15.5 Å². The molecule has 0 bridgehead atoms. The Kier molecular flexibility index (Phi) is 8.70. The fraction of sp³-hybridized carbons (Fsp3) is 0.650. The number of guanidine groups is 1. The Labute approximate surface area is 173 Å². The van der Waals surface area contributed by atoms with Gasteiger partial charge in [-0.05, 0) is 50.8 Å². The topological polar surface area (TPSA) is 94.0 Å². The van der Waals surface area contributed by atoms with E-state index >= 15 is 0 Å². The number of nitrogens with one attached hydrogen (secondary N) is 2. The van der Waals surface area contributed by atoms with E-state index in [-0.39, 0.29) is 23.7 Å². The Morgan fingerprint density at radius 1 is 1.38 bits per heavy atom. The Morgan fingerprint density at radius 2 is 2.07 bits per heavy atom. The van der Waals surface area contributed by atoms with Crippen molar-refractivity contribution in [3.05, 3.63) is 29.6 Å². The lowest BCUT2D eigenvalue weighted by atomic mass is 10.1. The number of aliphatic imine (C=N–C) groups is 1. The van der Waals surface area contributed by atoms with Crippen LogP contribution in [-0.2, 0) is 16.4 Å². The van der Waals surface area contributed by atoms with E-state index in [1.807, 2.05) is 24.8 Å². The highest BCUT2D eigenvalue weighted by molar-refractivity contribution is 7.90. The van der Waals surface area contributed by atoms with Crippen LogP contribution in [0.5, 0.6) is 0 Å². The summed E-state index contributed by atoms with van der Waals surface area (Å²) < 4.78 is 37.2. The first-order valence-electron chi connectivity index (χ1n) is 10.1. The fourth-order valence-corrected chi connectivity index (χ4v) is 3.98. The minimum absolute atomic E-state index is 0.0592. The summed E-state index contributed by atoms with van der Waals surface area (Å²) in [6.45, 7) is 6.12. The van der Waals surface area contributed by atoms with Gasteiger partial charge in [0.05, 0.1) is 24.1 Å². The van der Waals surface area contributed by atoms with Crippen LogP contribution in [-0.4, -0.2) is 63.3 Å². The molecule has 3 N–H and O–H groups in total. The molecular weight excluding hydrogens is 395 g/mol. The summed E-state index contributed by atoms with van der Waals surface area (Å²) >= 11 is 0. The van der Waals surface area contributed by atoms with Gasteiger partial charge in [0.25, 0.3) is 0 Å². The standard InChI is InChI=1S/C20H33FN4O3S/c1-4-22-20(24-15(2)9-12-29(3,27)28)23-14-16-5-6-19(18(21)13-16)25-10-7-17(26)8-11-25/h5-6,13,15,17,26H,4,7-12,14H2,1-3H3,(H2,22,23,24). The van der Waals surface area contributed by atoms with Crippen molar-refractivity contribution >= 4 is 21.5 Å². The molecule has 0 aliphatic carbocycles. The predicted molar refractivity (Wildman–Crippen MR) is 116 cm³/mol. The second kappa shape index (κ2) is 10.8. The number of piperidine rings is 1. The Bertz CT molecular complexity index is 793. The van der Waals surface area contributed by atoms with Gasteiger partial charge in [0.1, 0.15) is 15.7 Å². The molecule has 1 saturated heterocycles. The minimum atomic E-state index is -3.00. The number of hydrogen-bond donors (Lipinski definition) is 3. The van der Waals surface area contributed by atoms with Crippen molar-refractivity contribution in [3.8, 4) is 0 Å². The predicted octanol–water partition coefficient (Wildman–Crippen LogP) is 1.67. The summed E-state index contributed by atoms with van der Waals surface area (Å²) in [5.74, 6) is 0.400. The molecule has 1 aliphatic rings. The summed E-state index contributed by atoms with van der Waals surface area (Å²) in [7, 11) is -3.00. The van der Waals surface area contributed by atoms with Gasteiger partial charge in [-0.2, -0.15) is 0 Å². The number of hydrogen-bond acceptors (Lipinski definition) is 5. The molecule has 7 nitrogen and oxygen atoms in total. The lowest BCUT2D eigenvalue weighted by Crippen LogP contribution is -2.42. The number of nitrogens with zero attached hydrogens (tertiary/aromatic N) is 2. The van der Waals surface area contributed by atoms with E-state index in [0.717, 1.165) is 5.56 Å². The first kappa shape index (κ1) is 23.4. The maximum Gasteiger partial charge on any atom is 0.191 e. The maximum atomic E-state index is 14.6. The molecule has 1 unspecified atom stereocenters. The molecule has 9 heteroatoms. The fourth-order valence-electron chi connectivity index (χ4n) is 3.20. The zero-order valence-corrected chi connectivity index (χ0v) is 18.3. The average Bonchev–Trinajstić information content (AvgIpc) is 2.65. The molecule has 29 heavy (non-hydrogen) atoms. The van der Waals surface area contributed by atoms with Crippen LogP contribution in [0, 0.1) is 5.82 Å². The molecule has 1 aliphatic heterocycles. The monoisotopic (exact) mass is 428 g/mol. The summed E-state index contributed by atoms with van der Waals surface area (Å²) in [6.07, 6.45) is 2.72. The third kappa shape index (κ3) is 8.18. The van der Waals surface area contributed by atoms with Gasteiger partial charge in [0.15, 0.2) is 5.96 Å². The minimum Gasteiger partial charge on any atom is -0.393 e. The molecule has 0 radical (unpaired) electrons. The number of halogens is 1. The van der Waals surface area contributed by atoms with Crippen molar-refractivity contribution in [1.29, 1.82) is 0 Å². The van der Waals surface area contributed by atoms with E-state index in [0.29, 0.717) is 57.1 Å². The normalized spacial score (nSPS) is 17.3. The lowest BCUT2D eigenvalue weighted by Gasteiger charge is -2.31. The molecule has 0 spiro atoms. The maximum absolute atomic E-state index is 14.6. The first-order chi connectivity index (χ1) is 13.7. The van der Waals surface area contributed by atoms with Gasteiger partial charge in [-0.15, -0.1) is 0 Å². The second-order valence-corrected chi connectivity index (χ2v) is 9.92. The van der Waals surface area contributed by atoms with Crippen molar-refractivity contribution in [1.82, 2.24) is 10.6 Å². The van der Waals surface area contributed by atoms with Gasteiger partial charge in [-0.3, -0.25) is 0 Å². The zero-order valence-electron chi connectivity index (χ0n) is 17.5. The molecule has 2 rings (SSSR count).